The lowest BCUT2D eigenvalue weighted by molar-refractivity contribution is 0.195. The molecule has 1 amide bonds. The van der Waals surface area contributed by atoms with Gasteiger partial charge in [0.15, 0.2) is 0 Å². The fourth-order valence-electron chi connectivity index (χ4n) is 1.10. The Morgan fingerprint density at radius 3 is 2.73 bits per heavy atom. The van der Waals surface area contributed by atoms with E-state index >= 15 is 0 Å². The Bertz CT molecular complexity index is 187. The second-order valence-corrected chi connectivity index (χ2v) is 3.18. The van der Waals surface area contributed by atoms with Crippen molar-refractivity contribution in [1.29, 1.82) is 0 Å². The molecule has 3 nitrogen and oxygen atoms in total. The van der Waals surface area contributed by atoms with E-state index in [1.807, 2.05) is 0 Å². The maximum absolute atomic E-state index is 10.7. The average molecular weight is 155 g/mol. The highest BCUT2D eigenvalue weighted by Gasteiger charge is 2.26. The molecule has 11 heavy (non-hydrogen) atoms. The van der Waals surface area contributed by atoms with E-state index in [-0.39, 0.29) is 12.1 Å². The van der Waals surface area contributed by atoms with E-state index in [4.69, 9.17) is 4.74 Å². The van der Waals surface area contributed by atoms with E-state index in [1.54, 1.807) is 0 Å². The molecule has 0 aromatic rings. The van der Waals surface area contributed by atoms with Gasteiger partial charge in [-0.1, -0.05) is 20.4 Å². The second-order valence-electron chi connectivity index (χ2n) is 3.18. The highest BCUT2D eigenvalue weighted by Crippen LogP contribution is 2.17. The summed E-state index contributed by atoms with van der Waals surface area (Å²) in [7, 11) is 0. The van der Waals surface area contributed by atoms with Gasteiger partial charge in [-0.05, 0) is 12.3 Å². The van der Waals surface area contributed by atoms with Crippen molar-refractivity contribution in [3.8, 4) is 0 Å². The van der Waals surface area contributed by atoms with Gasteiger partial charge in [0.05, 0.1) is 6.04 Å². The van der Waals surface area contributed by atoms with E-state index in [1.165, 1.54) is 0 Å². The summed E-state index contributed by atoms with van der Waals surface area (Å²) in [5.74, 6) is 1.09. The third-order valence-electron chi connectivity index (χ3n) is 1.61. The number of hydrogen-bond donors (Lipinski definition) is 1. The third kappa shape index (κ3) is 1.97. The zero-order chi connectivity index (χ0) is 8.43. The van der Waals surface area contributed by atoms with Gasteiger partial charge in [0.25, 0.3) is 0 Å². The SMILES string of the molecule is C=C1OC(=O)NC1CC(C)C. The van der Waals surface area contributed by atoms with Crippen LogP contribution in [0.15, 0.2) is 12.3 Å². The Morgan fingerprint density at radius 1 is 1.73 bits per heavy atom. The monoisotopic (exact) mass is 155 g/mol. The van der Waals surface area contributed by atoms with Crippen LogP contribution in [0.25, 0.3) is 0 Å². The minimum Gasteiger partial charge on any atom is -0.413 e. The van der Waals surface area contributed by atoms with E-state index < -0.39 is 0 Å². The normalized spacial score (nSPS) is 23.7. The Hall–Kier alpha value is -0.990. The van der Waals surface area contributed by atoms with Gasteiger partial charge in [0.1, 0.15) is 5.76 Å². The number of rotatable bonds is 2. The number of ether oxygens (including phenoxy) is 1. The lowest BCUT2D eigenvalue weighted by Crippen LogP contribution is -2.26. The minimum absolute atomic E-state index is 0.0162. The molecule has 62 valence electrons. The van der Waals surface area contributed by atoms with Gasteiger partial charge in [-0.15, -0.1) is 0 Å². The first kappa shape index (κ1) is 8.11. The summed E-state index contributed by atoms with van der Waals surface area (Å²) in [5, 5.41) is 2.67. The molecule has 3 heteroatoms. The van der Waals surface area contributed by atoms with Crippen LogP contribution in [0.4, 0.5) is 4.79 Å². The largest absolute Gasteiger partial charge is 0.413 e. The molecule has 0 bridgehead atoms. The quantitative estimate of drug-likeness (QED) is 0.658. The Kier molecular flexibility index (Phi) is 2.17. The van der Waals surface area contributed by atoms with Crippen LogP contribution in [-0.2, 0) is 4.74 Å². The van der Waals surface area contributed by atoms with Gasteiger partial charge in [0, 0.05) is 0 Å². The zero-order valence-corrected chi connectivity index (χ0v) is 6.89. The predicted octanol–water partition coefficient (Wildman–Crippen LogP) is 1.65. The maximum atomic E-state index is 10.7. The molecule has 0 radical (unpaired) electrons. The average Bonchev–Trinajstić information content (AvgIpc) is 2.09. The van der Waals surface area contributed by atoms with Gasteiger partial charge in [0.2, 0.25) is 0 Å². The molecule has 1 aliphatic rings. The standard InChI is InChI=1S/C8H13NO2/c1-5(2)4-7-6(3)11-8(10)9-7/h5,7H,3-4H2,1-2H3,(H,9,10). The van der Waals surface area contributed by atoms with E-state index in [9.17, 15) is 4.79 Å². The number of hydrogen-bond acceptors (Lipinski definition) is 2. The van der Waals surface area contributed by atoms with Crippen molar-refractivity contribution in [2.45, 2.75) is 26.3 Å². The first-order valence-electron chi connectivity index (χ1n) is 3.76. The third-order valence-corrected chi connectivity index (χ3v) is 1.61. The van der Waals surface area contributed by atoms with E-state index in [0.717, 1.165) is 6.42 Å². The van der Waals surface area contributed by atoms with Crippen LogP contribution >= 0.6 is 0 Å². The fourth-order valence-corrected chi connectivity index (χ4v) is 1.10. The topological polar surface area (TPSA) is 38.3 Å². The molecule has 0 spiro atoms. The summed E-state index contributed by atoms with van der Waals surface area (Å²) >= 11 is 0. The van der Waals surface area contributed by atoms with Crippen molar-refractivity contribution in [3.63, 3.8) is 0 Å². The first-order chi connectivity index (χ1) is 5.09. The Balaban J connectivity index is 2.47. The van der Waals surface area contributed by atoms with Crippen molar-refractivity contribution in [3.05, 3.63) is 12.3 Å². The summed E-state index contributed by atoms with van der Waals surface area (Å²) in [6.07, 6.45) is 0.519. The molecule has 1 atom stereocenters. The molecule has 1 unspecified atom stereocenters. The molecule has 0 aliphatic carbocycles. The van der Waals surface area contributed by atoms with Crippen LogP contribution in [0.1, 0.15) is 20.3 Å². The molecule has 1 aliphatic heterocycles. The van der Waals surface area contributed by atoms with Crippen molar-refractivity contribution in [1.82, 2.24) is 5.32 Å². The van der Waals surface area contributed by atoms with Crippen LogP contribution in [-0.4, -0.2) is 12.1 Å². The Labute approximate surface area is 66.4 Å². The number of nitrogens with one attached hydrogen (secondary N) is 1. The van der Waals surface area contributed by atoms with Gasteiger partial charge >= 0.3 is 6.09 Å². The van der Waals surface area contributed by atoms with Crippen molar-refractivity contribution in [2.75, 3.05) is 0 Å². The minimum atomic E-state index is -0.374. The highest BCUT2D eigenvalue weighted by molar-refractivity contribution is 5.72. The van der Waals surface area contributed by atoms with Gasteiger partial charge in [-0.2, -0.15) is 0 Å². The molecular weight excluding hydrogens is 142 g/mol. The first-order valence-corrected chi connectivity index (χ1v) is 3.76. The summed E-state index contributed by atoms with van der Waals surface area (Å²) < 4.78 is 4.73. The lowest BCUT2D eigenvalue weighted by Gasteiger charge is -2.09. The summed E-state index contributed by atoms with van der Waals surface area (Å²) in [6.45, 7) is 7.82. The smallest absolute Gasteiger partial charge is 0.412 e. The molecule has 1 N–H and O–H groups in total. The molecule has 1 rings (SSSR count). The van der Waals surface area contributed by atoms with Crippen LogP contribution in [0, 0.1) is 5.92 Å². The van der Waals surface area contributed by atoms with Crippen LogP contribution < -0.4 is 5.32 Å². The number of alkyl carbamates (subject to hydrolysis) is 1. The lowest BCUT2D eigenvalue weighted by atomic mass is 10.0. The summed E-state index contributed by atoms with van der Waals surface area (Å²) in [6, 6.07) is 0.0162. The maximum Gasteiger partial charge on any atom is 0.412 e. The van der Waals surface area contributed by atoms with Crippen molar-refractivity contribution >= 4 is 6.09 Å². The van der Waals surface area contributed by atoms with E-state index in [0.29, 0.717) is 11.7 Å². The molecule has 0 aromatic carbocycles. The van der Waals surface area contributed by atoms with Gasteiger partial charge in [-0.25, -0.2) is 4.79 Å². The molecule has 1 heterocycles. The summed E-state index contributed by atoms with van der Waals surface area (Å²) in [4.78, 5) is 10.7. The molecular formula is C8H13NO2. The second kappa shape index (κ2) is 2.95. The number of amides is 1. The molecule has 0 saturated carbocycles. The van der Waals surface area contributed by atoms with Crippen LogP contribution in [0.5, 0.6) is 0 Å². The molecule has 1 saturated heterocycles. The number of carbonyl (C=O) groups is 1. The number of carbonyl (C=O) groups excluding carboxylic acids is 1. The van der Waals surface area contributed by atoms with Crippen LogP contribution in [0.2, 0.25) is 0 Å². The van der Waals surface area contributed by atoms with Gasteiger partial charge < -0.3 is 10.1 Å². The van der Waals surface area contributed by atoms with E-state index in [2.05, 4.69) is 25.7 Å². The van der Waals surface area contributed by atoms with Gasteiger partial charge in [-0.3, -0.25) is 0 Å². The van der Waals surface area contributed by atoms with Crippen LogP contribution in [0.3, 0.4) is 0 Å². The Morgan fingerprint density at radius 2 is 2.36 bits per heavy atom. The highest BCUT2D eigenvalue weighted by atomic mass is 16.6. The zero-order valence-electron chi connectivity index (χ0n) is 6.89. The number of cyclic esters (lactones) is 1. The fraction of sp³-hybridized carbons (Fsp3) is 0.625. The predicted molar refractivity (Wildman–Crippen MR) is 42.0 cm³/mol. The van der Waals surface area contributed by atoms with Crippen molar-refractivity contribution in [2.24, 2.45) is 5.92 Å². The molecule has 0 aromatic heterocycles. The summed E-state index contributed by atoms with van der Waals surface area (Å²) in [5.41, 5.74) is 0. The van der Waals surface area contributed by atoms with Crippen molar-refractivity contribution < 1.29 is 9.53 Å². The molecule has 1 fully saturated rings.